The van der Waals surface area contributed by atoms with Crippen LogP contribution >= 0.6 is 0 Å². The summed E-state index contributed by atoms with van der Waals surface area (Å²) in [7, 11) is 1.59. The number of nitrogens with one attached hydrogen (secondary N) is 1. The van der Waals surface area contributed by atoms with Crippen LogP contribution in [-0.4, -0.2) is 33.0 Å². The molecule has 3 N–H and O–H groups in total. The zero-order chi connectivity index (χ0) is 22.0. The topological polar surface area (TPSA) is 121 Å². The Labute approximate surface area is 178 Å². The summed E-state index contributed by atoms with van der Waals surface area (Å²) in [5.41, 5.74) is 9.31. The van der Waals surface area contributed by atoms with Crippen molar-refractivity contribution < 1.29 is 13.9 Å². The van der Waals surface area contributed by atoms with Crippen molar-refractivity contribution in [3.05, 3.63) is 71.2 Å². The molecule has 2 heterocycles. The second kappa shape index (κ2) is 8.31. The third-order valence-corrected chi connectivity index (χ3v) is 4.83. The fourth-order valence-electron chi connectivity index (χ4n) is 3.08. The largest absolute Gasteiger partial charge is 0.496 e. The summed E-state index contributed by atoms with van der Waals surface area (Å²) in [5.74, 6) is 1.41. The minimum absolute atomic E-state index is 0.0478. The number of methoxy groups -OCH3 is 1. The number of para-hydroxylation sites is 1. The van der Waals surface area contributed by atoms with E-state index in [1.165, 1.54) is 4.68 Å². The summed E-state index contributed by atoms with van der Waals surface area (Å²) in [6.07, 6.45) is 0. The number of benzene rings is 2. The van der Waals surface area contributed by atoms with Gasteiger partial charge in [0.15, 0.2) is 11.5 Å². The van der Waals surface area contributed by atoms with E-state index < -0.39 is 5.91 Å². The summed E-state index contributed by atoms with van der Waals surface area (Å²) in [6.45, 7) is 3.99. The van der Waals surface area contributed by atoms with Crippen molar-refractivity contribution in [3.8, 4) is 17.2 Å². The SMILES string of the molecule is COc1ccccc1-c1nc(Cn2nnc(C(=O)Nc3ccc(C)cc3)c2N)c(C)o1. The first-order valence-corrected chi connectivity index (χ1v) is 9.63. The van der Waals surface area contributed by atoms with Gasteiger partial charge in [0.1, 0.15) is 17.2 Å². The minimum Gasteiger partial charge on any atom is -0.496 e. The number of aryl methyl sites for hydroxylation is 2. The van der Waals surface area contributed by atoms with E-state index in [-0.39, 0.29) is 18.1 Å². The number of ether oxygens (including phenoxy) is 1. The lowest BCUT2D eigenvalue weighted by atomic mass is 10.2. The van der Waals surface area contributed by atoms with E-state index in [1.54, 1.807) is 14.0 Å². The molecule has 4 aromatic rings. The highest BCUT2D eigenvalue weighted by atomic mass is 16.5. The van der Waals surface area contributed by atoms with Gasteiger partial charge in [0.25, 0.3) is 5.91 Å². The van der Waals surface area contributed by atoms with E-state index in [4.69, 9.17) is 14.9 Å². The number of aromatic nitrogens is 4. The van der Waals surface area contributed by atoms with Crippen LogP contribution in [-0.2, 0) is 6.54 Å². The highest BCUT2D eigenvalue weighted by molar-refractivity contribution is 6.05. The van der Waals surface area contributed by atoms with Gasteiger partial charge in [-0.3, -0.25) is 4.79 Å². The Balaban J connectivity index is 1.54. The van der Waals surface area contributed by atoms with Crippen LogP contribution < -0.4 is 15.8 Å². The third kappa shape index (κ3) is 4.11. The number of carbonyl (C=O) groups excluding carboxylic acids is 1. The van der Waals surface area contributed by atoms with Crippen LogP contribution in [0.15, 0.2) is 52.9 Å². The average molecular weight is 418 g/mol. The second-order valence-corrected chi connectivity index (χ2v) is 7.02. The molecule has 0 fully saturated rings. The molecule has 0 aliphatic carbocycles. The summed E-state index contributed by atoms with van der Waals surface area (Å²) in [6, 6.07) is 14.9. The van der Waals surface area contributed by atoms with Crippen LogP contribution in [0.4, 0.5) is 11.5 Å². The van der Waals surface area contributed by atoms with Gasteiger partial charge in [-0.2, -0.15) is 0 Å². The van der Waals surface area contributed by atoms with Crippen LogP contribution in [0.1, 0.15) is 27.5 Å². The van der Waals surface area contributed by atoms with E-state index in [0.29, 0.717) is 28.8 Å². The van der Waals surface area contributed by atoms with Crippen LogP contribution in [0.2, 0.25) is 0 Å². The van der Waals surface area contributed by atoms with E-state index >= 15 is 0 Å². The zero-order valence-electron chi connectivity index (χ0n) is 17.4. The first kappa shape index (κ1) is 20.1. The van der Waals surface area contributed by atoms with Gasteiger partial charge in [-0.15, -0.1) is 5.10 Å². The molecule has 0 radical (unpaired) electrons. The number of anilines is 2. The van der Waals surface area contributed by atoms with Crippen molar-refractivity contribution in [1.82, 2.24) is 20.0 Å². The lowest BCUT2D eigenvalue weighted by molar-refractivity contribution is 0.102. The van der Waals surface area contributed by atoms with Crippen LogP contribution in [0.3, 0.4) is 0 Å². The third-order valence-electron chi connectivity index (χ3n) is 4.83. The number of nitrogens with two attached hydrogens (primary N) is 1. The highest BCUT2D eigenvalue weighted by Crippen LogP contribution is 2.30. The number of hydrogen-bond acceptors (Lipinski definition) is 7. The zero-order valence-corrected chi connectivity index (χ0v) is 17.4. The number of hydrogen-bond donors (Lipinski definition) is 2. The summed E-state index contributed by atoms with van der Waals surface area (Å²) in [5, 5.41) is 10.7. The molecule has 0 spiro atoms. The Morgan fingerprint density at radius 1 is 1.16 bits per heavy atom. The fraction of sp³-hybridized carbons (Fsp3) is 0.182. The molecule has 1 amide bonds. The first-order chi connectivity index (χ1) is 15.0. The standard InChI is InChI=1S/C22H22N6O3/c1-13-8-10-15(11-9-13)24-21(29)19-20(23)28(27-26-19)12-17-14(2)31-22(25-17)16-6-4-5-7-18(16)30-3/h4-11H,12,23H2,1-3H3,(H,24,29). The van der Waals surface area contributed by atoms with Gasteiger partial charge in [-0.25, -0.2) is 9.67 Å². The maximum absolute atomic E-state index is 12.6. The quantitative estimate of drug-likeness (QED) is 0.492. The van der Waals surface area contributed by atoms with Crippen molar-refractivity contribution >= 4 is 17.4 Å². The Morgan fingerprint density at radius 3 is 2.65 bits per heavy atom. The highest BCUT2D eigenvalue weighted by Gasteiger charge is 2.20. The average Bonchev–Trinajstić information content (AvgIpc) is 3.32. The molecule has 9 heteroatoms. The Bertz CT molecular complexity index is 1230. The van der Waals surface area contributed by atoms with Gasteiger partial charge in [0.05, 0.1) is 19.2 Å². The van der Waals surface area contributed by atoms with Gasteiger partial charge in [-0.1, -0.05) is 35.0 Å². The lowest BCUT2D eigenvalue weighted by Crippen LogP contribution is -2.15. The number of rotatable bonds is 6. The molecule has 9 nitrogen and oxygen atoms in total. The molecular weight excluding hydrogens is 396 g/mol. The molecule has 0 aliphatic heterocycles. The number of nitrogens with zero attached hydrogens (tertiary/aromatic N) is 4. The van der Waals surface area contributed by atoms with E-state index in [2.05, 4.69) is 20.6 Å². The molecule has 31 heavy (non-hydrogen) atoms. The van der Waals surface area contributed by atoms with Gasteiger partial charge >= 0.3 is 0 Å². The van der Waals surface area contributed by atoms with Crippen LogP contribution in [0.5, 0.6) is 5.75 Å². The van der Waals surface area contributed by atoms with Crippen molar-refractivity contribution in [2.75, 3.05) is 18.2 Å². The van der Waals surface area contributed by atoms with Crippen LogP contribution in [0, 0.1) is 13.8 Å². The Hall–Kier alpha value is -4.14. The Kier molecular flexibility index (Phi) is 5.40. The van der Waals surface area contributed by atoms with Gasteiger partial charge < -0.3 is 20.2 Å². The molecule has 0 saturated heterocycles. The molecule has 2 aromatic heterocycles. The van der Waals surface area contributed by atoms with Crippen molar-refractivity contribution in [1.29, 1.82) is 0 Å². The van der Waals surface area contributed by atoms with E-state index in [9.17, 15) is 4.79 Å². The molecular formula is C22H22N6O3. The van der Waals surface area contributed by atoms with E-state index in [0.717, 1.165) is 11.1 Å². The van der Waals surface area contributed by atoms with E-state index in [1.807, 2.05) is 55.5 Å². The summed E-state index contributed by atoms with van der Waals surface area (Å²) >= 11 is 0. The predicted octanol–water partition coefficient (Wildman–Crippen LogP) is 3.44. The summed E-state index contributed by atoms with van der Waals surface area (Å²) in [4.78, 5) is 17.1. The maximum atomic E-state index is 12.6. The predicted molar refractivity (Wildman–Crippen MR) is 116 cm³/mol. The molecule has 0 atom stereocenters. The molecule has 0 aliphatic rings. The van der Waals surface area contributed by atoms with Crippen molar-refractivity contribution in [3.63, 3.8) is 0 Å². The minimum atomic E-state index is -0.431. The maximum Gasteiger partial charge on any atom is 0.280 e. The van der Waals surface area contributed by atoms with Gasteiger partial charge in [-0.05, 0) is 38.1 Å². The van der Waals surface area contributed by atoms with Crippen molar-refractivity contribution in [2.24, 2.45) is 0 Å². The molecule has 4 rings (SSSR count). The molecule has 158 valence electrons. The number of nitrogen functional groups attached to an aromatic ring is 1. The lowest BCUT2D eigenvalue weighted by Gasteiger charge is -2.05. The normalized spacial score (nSPS) is 10.8. The Morgan fingerprint density at radius 2 is 1.90 bits per heavy atom. The molecule has 0 bridgehead atoms. The van der Waals surface area contributed by atoms with Gasteiger partial charge in [0.2, 0.25) is 5.89 Å². The van der Waals surface area contributed by atoms with Crippen molar-refractivity contribution in [2.45, 2.75) is 20.4 Å². The molecule has 0 saturated carbocycles. The number of oxazole rings is 1. The summed E-state index contributed by atoms with van der Waals surface area (Å²) < 4.78 is 12.6. The first-order valence-electron chi connectivity index (χ1n) is 9.63. The number of carbonyl (C=O) groups is 1. The van der Waals surface area contributed by atoms with Gasteiger partial charge in [0, 0.05) is 5.69 Å². The fourth-order valence-corrected chi connectivity index (χ4v) is 3.08. The molecule has 2 aromatic carbocycles. The number of amides is 1. The monoisotopic (exact) mass is 418 g/mol. The second-order valence-electron chi connectivity index (χ2n) is 7.02. The molecule has 0 unspecified atom stereocenters. The smallest absolute Gasteiger partial charge is 0.280 e. The van der Waals surface area contributed by atoms with Crippen LogP contribution in [0.25, 0.3) is 11.5 Å².